The second-order valence-electron chi connectivity index (χ2n) is 6.95. The number of likely N-dealkylation sites (tertiary alicyclic amines) is 1. The largest absolute Gasteiger partial charge is 0.491 e. The van der Waals surface area contributed by atoms with Crippen molar-refractivity contribution in [3.05, 3.63) is 35.7 Å². The Kier molecular flexibility index (Phi) is 5.56. The molecule has 0 saturated carbocycles. The van der Waals surface area contributed by atoms with Crippen molar-refractivity contribution in [2.45, 2.75) is 45.8 Å². The van der Waals surface area contributed by atoms with Crippen LogP contribution in [0, 0.1) is 6.92 Å². The molecule has 1 aliphatic rings. The van der Waals surface area contributed by atoms with Gasteiger partial charge in [0.05, 0.1) is 17.5 Å². The van der Waals surface area contributed by atoms with E-state index >= 15 is 0 Å². The molecule has 0 bridgehead atoms. The van der Waals surface area contributed by atoms with Crippen LogP contribution in [0.3, 0.4) is 0 Å². The fourth-order valence-electron chi connectivity index (χ4n) is 3.40. The van der Waals surface area contributed by atoms with E-state index in [0.29, 0.717) is 5.69 Å². The zero-order chi connectivity index (χ0) is 18.7. The third-order valence-corrected chi connectivity index (χ3v) is 4.63. The first-order valence-electron chi connectivity index (χ1n) is 9.16. The molecule has 0 spiro atoms. The van der Waals surface area contributed by atoms with Gasteiger partial charge in [-0.25, -0.2) is 4.68 Å². The molecule has 1 N–H and O–H groups in total. The molecule has 1 saturated heterocycles. The first kappa shape index (κ1) is 18.4. The minimum absolute atomic E-state index is 0.0359. The predicted octanol–water partition coefficient (Wildman–Crippen LogP) is 2.19. The smallest absolute Gasteiger partial charge is 0.276 e. The van der Waals surface area contributed by atoms with E-state index in [1.807, 2.05) is 57.0 Å². The van der Waals surface area contributed by atoms with Gasteiger partial charge in [0, 0.05) is 19.1 Å². The van der Waals surface area contributed by atoms with Crippen molar-refractivity contribution in [3.8, 4) is 11.4 Å². The summed E-state index contributed by atoms with van der Waals surface area (Å²) in [5.74, 6) is 0.774. The zero-order valence-corrected chi connectivity index (χ0v) is 15.9. The number of aromatic nitrogens is 3. The number of carbonyl (C=O) groups is 1. The maximum atomic E-state index is 12.9. The summed E-state index contributed by atoms with van der Waals surface area (Å²) < 4.78 is 7.37. The number of nitrogens with one attached hydrogen (secondary N) is 1. The fraction of sp³-hybridized carbons (Fsp3) is 0.526. The molecule has 1 fully saturated rings. The number of likely N-dealkylation sites (N-methyl/N-ethyl adjacent to an activating group) is 1. The highest BCUT2D eigenvalue weighted by molar-refractivity contribution is 5.93. The van der Waals surface area contributed by atoms with Gasteiger partial charge in [0.25, 0.3) is 5.91 Å². The van der Waals surface area contributed by atoms with E-state index in [-0.39, 0.29) is 18.1 Å². The predicted molar refractivity (Wildman–Crippen MR) is 99.8 cm³/mol. The van der Waals surface area contributed by atoms with Gasteiger partial charge < -0.3 is 15.0 Å². The maximum absolute atomic E-state index is 12.9. The Morgan fingerprint density at radius 3 is 2.73 bits per heavy atom. The van der Waals surface area contributed by atoms with Crippen LogP contribution in [-0.4, -0.2) is 58.1 Å². The quantitative estimate of drug-likeness (QED) is 0.858. The third kappa shape index (κ3) is 3.72. The van der Waals surface area contributed by atoms with Gasteiger partial charge >= 0.3 is 0 Å². The zero-order valence-electron chi connectivity index (χ0n) is 15.9. The second-order valence-corrected chi connectivity index (χ2v) is 6.95. The van der Waals surface area contributed by atoms with Crippen LogP contribution in [0.5, 0.6) is 5.75 Å². The van der Waals surface area contributed by atoms with Gasteiger partial charge in [-0.2, -0.15) is 0 Å². The van der Waals surface area contributed by atoms with Crippen molar-refractivity contribution in [1.29, 1.82) is 0 Å². The molecule has 1 atom stereocenters. The van der Waals surface area contributed by atoms with Crippen LogP contribution in [0.4, 0.5) is 0 Å². The summed E-state index contributed by atoms with van der Waals surface area (Å²) in [5.41, 5.74) is 2.04. The Morgan fingerprint density at radius 1 is 1.35 bits per heavy atom. The number of carbonyl (C=O) groups excluding carboxylic acids is 1. The Morgan fingerprint density at radius 2 is 2.08 bits per heavy atom. The summed E-state index contributed by atoms with van der Waals surface area (Å²) in [5, 5.41) is 11.5. The molecule has 26 heavy (non-hydrogen) atoms. The normalized spacial score (nSPS) is 17.1. The van der Waals surface area contributed by atoms with Crippen LogP contribution in [0.1, 0.15) is 42.9 Å². The van der Waals surface area contributed by atoms with Crippen LogP contribution in [0.2, 0.25) is 0 Å². The van der Waals surface area contributed by atoms with Gasteiger partial charge in [0.1, 0.15) is 5.75 Å². The Labute approximate surface area is 154 Å². The average Bonchev–Trinajstić information content (AvgIpc) is 3.22. The van der Waals surface area contributed by atoms with Gasteiger partial charge in [0.15, 0.2) is 5.69 Å². The molecule has 0 aliphatic carbocycles. The lowest BCUT2D eigenvalue weighted by molar-refractivity contribution is 0.0730. The van der Waals surface area contributed by atoms with Crippen LogP contribution in [-0.2, 0) is 0 Å². The average molecular weight is 357 g/mol. The van der Waals surface area contributed by atoms with Crippen molar-refractivity contribution in [2.75, 3.05) is 20.1 Å². The third-order valence-electron chi connectivity index (χ3n) is 4.63. The van der Waals surface area contributed by atoms with Gasteiger partial charge in [-0.3, -0.25) is 4.79 Å². The number of nitrogens with zero attached hydrogens (tertiary/aromatic N) is 4. The van der Waals surface area contributed by atoms with Gasteiger partial charge in [0.2, 0.25) is 0 Å². The standard InChI is InChI=1S/C19H27N5O2/c1-13(2)26-17-9-7-15(8-10-17)24-14(3)18(21-22-24)19(25)23-11-5-6-16(23)12-20-4/h7-10,13,16,20H,5-6,11-12H2,1-4H3. The lowest BCUT2D eigenvalue weighted by Gasteiger charge is -2.23. The highest BCUT2D eigenvalue weighted by atomic mass is 16.5. The van der Waals surface area contributed by atoms with E-state index in [0.717, 1.165) is 43.1 Å². The summed E-state index contributed by atoms with van der Waals surface area (Å²) in [6, 6.07) is 7.88. The molecule has 2 heterocycles. The maximum Gasteiger partial charge on any atom is 0.276 e. The minimum atomic E-state index is -0.0359. The van der Waals surface area contributed by atoms with E-state index in [1.54, 1.807) is 4.68 Å². The van der Waals surface area contributed by atoms with Crippen molar-refractivity contribution in [3.63, 3.8) is 0 Å². The van der Waals surface area contributed by atoms with Crippen molar-refractivity contribution in [1.82, 2.24) is 25.2 Å². The topological polar surface area (TPSA) is 72.3 Å². The summed E-state index contributed by atoms with van der Waals surface area (Å²) in [6.45, 7) is 7.45. The Hall–Kier alpha value is -2.41. The molecule has 1 aromatic carbocycles. The SMILES string of the molecule is CNCC1CCCN1C(=O)c1nnn(-c2ccc(OC(C)C)cc2)c1C. The summed E-state index contributed by atoms with van der Waals surface area (Å²) in [7, 11) is 1.91. The van der Waals surface area contributed by atoms with Gasteiger partial charge in [-0.15, -0.1) is 5.10 Å². The number of ether oxygens (including phenoxy) is 1. The minimum Gasteiger partial charge on any atom is -0.491 e. The van der Waals surface area contributed by atoms with E-state index in [1.165, 1.54) is 0 Å². The first-order chi connectivity index (χ1) is 12.5. The summed E-state index contributed by atoms with van der Waals surface area (Å²) >= 11 is 0. The molecule has 1 amide bonds. The lowest BCUT2D eigenvalue weighted by Crippen LogP contribution is -2.41. The lowest BCUT2D eigenvalue weighted by atomic mass is 10.2. The molecule has 1 aromatic heterocycles. The molecule has 0 radical (unpaired) electrons. The fourth-order valence-corrected chi connectivity index (χ4v) is 3.40. The summed E-state index contributed by atoms with van der Waals surface area (Å²) in [4.78, 5) is 14.8. The number of benzene rings is 1. The molecule has 3 rings (SSSR count). The van der Waals surface area contributed by atoms with Crippen LogP contribution in [0.25, 0.3) is 5.69 Å². The van der Waals surface area contributed by atoms with E-state index in [9.17, 15) is 4.79 Å². The number of amides is 1. The molecule has 1 aliphatic heterocycles. The van der Waals surface area contributed by atoms with Crippen molar-refractivity contribution < 1.29 is 9.53 Å². The Bertz CT molecular complexity index is 754. The highest BCUT2D eigenvalue weighted by Gasteiger charge is 2.31. The summed E-state index contributed by atoms with van der Waals surface area (Å²) in [6.07, 6.45) is 2.18. The van der Waals surface area contributed by atoms with Crippen LogP contribution in [0.15, 0.2) is 24.3 Å². The first-order valence-corrected chi connectivity index (χ1v) is 9.16. The van der Waals surface area contributed by atoms with Crippen LogP contribution >= 0.6 is 0 Å². The molecule has 140 valence electrons. The van der Waals surface area contributed by atoms with Crippen molar-refractivity contribution in [2.24, 2.45) is 0 Å². The van der Waals surface area contributed by atoms with Gasteiger partial charge in [-0.1, -0.05) is 5.21 Å². The molecular weight excluding hydrogens is 330 g/mol. The molecule has 2 aromatic rings. The van der Waals surface area contributed by atoms with Crippen LogP contribution < -0.4 is 10.1 Å². The van der Waals surface area contributed by atoms with E-state index in [2.05, 4.69) is 15.6 Å². The van der Waals surface area contributed by atoms with E-state index < -0.39 is 0 Å². The van der Waals surface area contributed by atoms with Crippen molar-refractivity contribution >= 4 is 5.91 Å². The van der Waals surface area contributed by atoms with E-state index in [4.69, 9.17) is 4.74 Å². The Balaban J connectivity index is 1.80. The monoisotopic (exact) mass is 357 g/mol. The molecule has 7 nitrogen and oxygen atoms in total. The second kappa shape index (κ2) is 7.86. The molecular formula is C19H27N5O2. The highest BCUT2D eigenvalue weighted by Crippen LogP contribution is 2.22. The number of rotatable bonds is 6. The molecule has 7 heteroatoms. The van der Waals surface area contributed by atoms with Gasteiger partial charge in [-0.05, 0) is 64.9 Å². The number of hydrogen-bond donors (Lipinski definition) is 1. The molecule has 1 unspecified atom stereocenters. The number of hydrogen-bond acceptors (Lipinski definition) is 5.